The van der Waals surface area contributed by atoms with Gasteiger partial charge in [-0.05, 0) is 53.6 Å². The van der Waals surface area contributed by atoms with Crippen molar-refractivity contribution in [3.8, 4) is 0 Å². The third-order valence-corrected chi connectivity index (χ3v) is 3.40. The predicted molar refractivity (Wildman–Crippen MR) is 77.1 cm³/mol. The van der Waals surface area contributed by atoms with Gasteiger partial charge in [0.25, 0.3) is 0 Å². The highest BCUT2D eigenvalue weighted by Gasteiger charge is 2.22. The topological polar surface area (TPSA) is 67.6 Å². The van der Waals surface area contributed by atoms with Crippen LogP contribution in [-0.4, -0.2) is 48.8 Å². The molecule has 0 aromatic heterocycles. The number of hydrogen-bond donors (Lipinski definition) is 2. The van der Waals surface area contributed by atoms with E-state index in [-0.39, 0.29) is 12.1 Å². The second-order valence-electron chi connectivity index (χ2n) is 6.51. The molecule has 1 saturated heterocycles. The molecule has 0 bridgehead atoms. The van der Waals surface area contributed by atoms with Gasteiger partial charge in [0.2, 0.25) is 0 Å². The summed E-state index contributed by atoms with van der Waals surface area (Å²) in [6.07, 6.45) is 4.29. The summed E-state index contributed by atoms with van der Waals surface area (Å²) in [5.41, 5.74) is 5.62. The van der Waals surface area contributed by atoms with Crippen molar-refractivity contribution in [1.29, 1.82) is 0 Å². The largest absolute Gasteiger partial charge is 0.444 e. The Morgan fingerprint density at radius 2 is 2.16 bits per heavy atom. The molecule has 1 aliphatic heterocycles. The summed E-state index contributed by atoms with van der Waals surface area (Å²) in [4.78, 5) is 13.9. The number of likely N-dealkylation sites (tertiary alicyclic amines) is 1. The zero-order chi connectivity index (χ0) is 14.5. The summed E-state index contributed by atoms with van der Waals surface area (Å²) in [6, 6.07) is 0.530. The highest BCUT2D eigenvalue weighted by molar-refractivity contribution is 5.67. The molecule has 1 fully saturated rings. The molecular formula is C14H29N3O2. The molecule has 2 unspecified atom stereocenters. The van der Waals surface area contributed by atoms with Crippen LogP contribution in [0.5, 0.6) is 0 Å². The maximum Gasteiger partial charge on any atom is 0.407 e. The number of nitrogens with zero attached hydrogens (tertiary/aromatic N) is 1. The number of carbonyl (C=O) groups is 1. The van der Waals surface area contributed by atoms with Crippen molar-refractivity contribution in [1.82, 2.24) is 10.2 Å². The molecule has 0 spiro atoms. The van der Waals surface area contributed by atoms with Gasteiger partial charge >= 0.3 is 6.09 Å². The first-order valence-electron chi connectivity index (χ1n) is 7.20. The molecule has 5 nitrogen and oxygen atoms in total. The monoisotopic (exact) mass is 271 g/mol. The van der Waals surface area contributed by atoms with Crippen LogP contribution in [-0.2, 0) is 4.74 Å². The van der Waals surface area contributed by atoms with E-state index in [9.17, 15) is 4.79 Å². The average molecular weight is 271 g/mol. The van der Waals surface area contributed by atoms with Crippen molar-refractivity contribution in [2.24, 2.45) is 5.73 Å². The van der Waals surface area contributed by atoms with Gasteiger partial charge in [0.1, 0.15) is 5.60 Å². The van der Waals surface area contributed by atoms with Crippen molar-refractivity contribution in [2.45, 2.75) is 64.1 Å². The molecule has 2 atom stereocenters. The van der Waals surface area contributed by atoms with E-state index in [4.69, 9.17) is 10.5 Å². The van der Waals surface area contributed by atoms with Crippen molar-refractivity contribution in [2.75, 3.05) is 20.1 Å². The van der Waals surface area contributed by atoms with E-state index in [1.807, 2.05) is 20.8 Å². The van der Waals surface area contributed by atoms with E-state index in [1.165, 1.54) is 19.3 Å². The average Bonchev–Trinajstić information content (AvgIpc) is 2.27. The Morgan fingerprint density at radius 3 is 2.74 bits per heavy atom. The lowest BCUT2D eigenvalue weighted by Crippen LogP contribution is -2.45. The third-order valence-electron chi connectivity index (χ3n) is 3.40. The smallest absolute Gasteiger partial charge is 0.407 e. The van der Waals surface area contributed by atoms with Gasteiger partial charge in [-0.25, -0.2) is 4.79 Å². The lowest BCUT2D eigenvalue weighted by molar-refractivity contribution is 0.0521. The molecule has 0 aliphatic carbocycles. The standard InChI is InChI=1S/C14H29N3O2/c1-14(2,3)19-13(18)16-10-11(15)9-12-7-5-6-8-17(12)4/h11-12H,5-10,15H2,1-4H3,(H,16,18). The fraction of sp³-hybridized carbons (Fsp3) is 0.929. The molecule has 3 N–H and O–H groups in total. The highest BCUT2D eigenvalue weighted by atomic mass is 16.6. The second-order valence-corrected chi connectivity index (χ2v) is 6.51. The van der Waals surface area contributed by atoms with Crippen molar-refractivity contribution in [3.05, 3.63) is 0 Å². The molecule has 0 aromatic rings. The fourth-order valence-corrected chi connectivity index (χ4v) is 2.40. The van der Waals surface area contributed by atoms with Crippen LogP contribution in [0.1, 0.15) is 46.5 Å². The van der Waals surface area contributed by atoms with E-state index >= 15 is 0 Å². The number of hydrogen-bond acceptors (Lipinski definition) is 4. The number of amides is 1. The first-order chi connectivity index (χ1) is 8.78. The first kappa shape index (κ1) is 16.2. The Bertz CT molecular complexity index is 289. The van der Waals surface area contributed by atoms with Crippen LogP contribution in [0.15, 0.2) is 0 Å². The van der Waals surface area contributed by atoms with Gasteiger partial charge in [-0.3, -0.25) is 0 Å². The van der Waals surface area contributed by atoms with Crippen LogP contribution in [0.4, 0.5) is 4.79 Å². The molecule has 112 valence electrons. The summed E-state index contributed by atoms with van der Waals surface area (Å²) in [7, 11) is 2.15. The zero-order valence-corrected chi connectivity index (χ0v) is 12.7. The number of piperidine rings is 1. The normalized spacial score (nSPS) is 22.9. The molecule has 0 saturated carbocycles. The van der Waals surface area contributed by atoms with Gasteiger partial charge in [0.05, 0.1) is 0 Å². The SMILES string of the molecule is CN1CCCCC1CC(N)CNC(=O)OC(C)(C)C. The van der Waals surface area contributed by atoms with Crippen molar-refractivity contribution < 1.29 is 9.53 Å². The Balaban J connectivity index is 2.23. The van der Waals surface area contributed by atoms with E-state index in [2.05, 4.69) is 17.3 Å². The van der Waals surface area contributed by atoms with Gasteiger partial charge in [-0.15, -0.1) is 0 Å². The van der Waals surface area contributed by atoms with Crippen LogP contribution in [0, 0.1) is 0 Å². The van der Waals surface area contributed by atoms with Crippen molar-refractivity contribution >= 4 is 6.09 Å². The quantitative estimate of drug-likeness (QED) is 0.817. The highest BCUT2D eigenvalue weighted by Crippen LogP contribution is 2.18. The van der Waals surface area contributed by atoms with Gasteiger partial charge in [-0.1, -0.05) is 6.42 Å². The molecule has 0 radical (unpaired) electrons. The summed E-state index contributed by atoms with van der Waals surface area (Å²) < 4.78 is 5.18. The number of rotatable bonds is 4. The molecule has 1 rings (SSSR count). The first-order valence-corrected chi connectivity index (χ1v) is 7.20. The zero-order valence-electron chi connectivity index (χ0n) is 12.7. The van der Waals surface area contributed by atoms with Gasteiger partial charge in [0.15, 0.2) is 0 Å². The molecule has 1 aliphatic rings. The van der Waals surface area contributed by atoms with E-state index in [0.717, 1.165) is 13.0 Å². The summed E-state index contributed by atoms with van der Waals surface area (Å²) in [5, 5.41) is 2.74. The molecule has 1 amide bonds. The van der Waals surface area contributed by atoms with E-state index in [1.54, 1.807) is 0 Å². The lowest BCUT2D eigenvalue weighted by atomic mass is 9.97. The van der Waals surface area contributed by atoms with E-state index < -0.39 is 5.60 Å². The van der Waals surface area contributed by atoms with Gasteiger partial charge < -0.3 is 20.7 Å². The number of nitrogens with two attached hydrogens (primary N) is 1. The van der Waals surface area contributed by atoms with Crippen LogP contribution >= 0.6 is 0 Å². The second kappa shape index (κ2) is 7.10. The van der Waals surface area contributed by atoms with Gasteiger partial charge in [0, 0.05) is 18.6 Å². The Hall–Kier alpha value is -0.810. The number of carbonyl (C=O) groups excluding carboxylic acids is 1. The third kappa shape index (κ3) is 6.78. The minimum Gasteiger partial charge on any atom is -0.444 e. The molecule has 19 heavy (non-hydrogen) atoms. The predicted octanol–water partition coefficient (Wildman–Crippen LogP) is 1.71. The Morgan fingerprint density at radius 1 is 1.47 bits per heavy atom. The number of alkyl carbamates (subject to hydrolysis) is 1. The minimum absolute atomic E-state index is 0.0157. The Kier molecular flexibility index (Phi) is 6.07. The minimum atomic E-state index is -0.461. The number of ether oxygens (including phenoxy) is 1. The molecule has 1 heterocycles. The fourth-order valence-electron chi connectivity index (χ4n) is 2.40. The lowest BCUT2D eigenvalue weighted by Gasteiger charge is -2.34. The summed E-state index contributed by atoms with van der Waals surface area (Å²) >= 11 is 0. The Labute approximate surface area is 116 Å². The van der Waals surface area contributed by atoms with Crippen LogP contribution < -0.4 is 11.1 Å². The number of nitrogens with one attached hydrogen (secondary N) is 1. The van der Waals surface area contributed by atoms with E-state index in [0.29, 0.717) is 12.6 Å². The van der Waals surface area contributed by atoms with Crippen LogP contribution in [0.25, 0.3) is 0 Å². The van der Waals surface area contributed by atoms with Crippen LogP contribution in [0.2, 0.25) is 0 Å². The molecule has 5 heteroatoms. The summed E-state index contributed by atoms with van der Waals surface area (Å²) in [5.74, 6) is 0. The molecular weight excluding hydrogens is 242 g/mol. The van der Waals surface area contributed by atoms with Crippen LogP contribution in [0.3, 0.4) is 0 Å². The van der Waals surface area contributed by atoms with Crippen molar-refractivity contribution in [3.63, 3.8) is 0 Å². The molecule has 0 aromatic carbocycles. The maximum atomic E-state index is 11.5. The van der Waals surface area contributed by atoms with Gasteiger partial charge in [-0.2, -0.15) is 0 Å². The maximum absolute atomic E-state index is 11.5. The summed E-state index contributed by atoms with van der Waals surface area (Å²) in [6.45, 7) is 7.17.